The number of carbonyl (C=O) groups excluding carboxylic acids is 1. The zero-order valence-corrected chi connectivity index (χ0v) is 15.8. The van der Waals surface area contributed by atoms with Gasteiger partial charge in [-0.1, -0.05) is 48.0 Å². The minimum absolute atomic E-state index is 0.0953. The number of carbonyl (C=O) groups is 1. The van der Waals surface area contributed by atoms with Crippen LogP contribution < -0.4 is 0 Å². The van der Waals surface area contributed by atoms with Crippen molar-refractivity contribution in [1.29, 1.82) is 0 Å². The van der Waals surface area contributed by atoms with Crippen LogP contribution in [-0.2, 0) is 0 Å². The molecule has 0 N–H and O–H groups in total. The Bertz CT molecular complexity index is 1100. The van der Waals surface area contributed by atoms with Crippen molar-refractivity contribution < 1.29 is 4.79 Å². The van der Waals surface area contributed by atoms with Gasteiger partial charge in [0.1, 0.15) is 5.69 Å². The van der Waals surface area contributed by atoms with Gasteiger partial charge in [-0.3, -0.25) is 4.79 Å². The molecule has 0 aliphatic heterocycles. The summed E-state index contributed by atoms with van der Waals surface area (Å²) in [5.74, 6) is -0.0953. The molecule has 0 saturated heterocycles. The van der Waals surface area contributed by atoms with Crippen LogP contribution in [0.2, 0.25) is 5.02 Å². The van der Waals surface area contributed by atoms with Crippen molar-refractivity contribution in [2.24, 2.45) is 0 Å². The topological polar surface area (TPSA) is 34.9 Å². The lowest BCUT2D eigenvalue weighted by molar-refractivity contribution is 0.104. The van der Waals surface area contributed by atoms with Crippen molar-refractivity contribution in [3.63, 3.8) is 0 Å². The first-order valence-corrected chi connectivity index (χ1v) is 9.63. The quantitative estimate of drug-likeness (QED) is 0.302. The van der Waals surface area contributed by atoms with Crippen molar-refractivity contribution in [2.75, 3.05) is 0 Å². The fraction of sp³-hybridized carbons (Fsp3) is 0. The lowest BCUT2D eigenvalue weighted by atomic mass is 10.1. The van der Waals surface area contributed by atoms with E-state index in [-0.39, 0.29) is 5.78 Å². The van der Waals surface area contributed by atoms with Gasteiger partial charge in [-0.05, 0) is 47.9 Å². The molecular formula is C22H15ClN2OS. The third kappa shape index (κ3) is 3.92. The predicted octanol–water partition coefficient (Wildman–Crippen LogP) is 6.15. The third-order valence-corrected chi connectivity index (χ3v) is 5.15. The average Bonchev–Trinajstić information content (AvgIpc) is 3.36. The Morgan fingerprint density at radius 1 is 1.04 bits per heavy atom. The molecule has 0 fully saturated rings. The number of allylic oxidation sites excluding steroid dienone is 1. The van der Waals surface area contributed by atoms with Gasteiger partial charge in [-0.25, -0.2) is 4.68 Å². The Morgan fingerprint density at radius 3 is 2.63 bits per heavy atom. The average molecular weight is 391 g/mol. The number of para-hydroxylation sites is 1. The summed E-state index contributed by atoms with van der Waals surface area (Å²) in [4.78, 5) is 13.5. The zero-order chi connectivity index (χ0) is 18.6. The van der Waals surface area contributed by atoms with E-state index in [0.29, 0.717) is 10.6 Å². The summed E-state index contributed by atoms with van der Waals surface area (Å²) in [6, 6.07) is 20.9. The van der Waals surface area contributed by atoms with E-state index in [2.05, 4.69) is 0 Å². The first kappa shape index (κ1) is 17.5. The molecule has 0 aliphatic rings. The maximum atomic E-state index is 12.5. The van der Waals surface area contributed by atoms with Gasteiger partial charge >= 0.3 is 0 Å². The van der Waals surface area contributed by atoms with Crippen molar-refractivity contribution in [2.45, 2.75) is 0 Å². The molecule has 0 amide bonds. The fourth-order valence-corrected chi connectivity index (χ4v) is 3.65. The molecule has 2 aromatic heterocycles. The SMILES string of the molecule is O=C(/C=C/c1cn(-c2ccccc2)nc1-c1cccs1)c1cccc(Cl)c1. The summed E-state index contributed by atoms with van der Waals surface area (Å²) < 4.78 is 1.83. The van der Waals surface area contributed by atoms with Gasteiger partial charge in [0.15, 0.2) is 5.78 Å². The summed E-state index contributed by atoms with van der Waals surface area (Å²) in [7, 11) is 0. The Morgan fingerprint density at radius 2 is 1.89 bits per heavy atom. The first-order valence-electron chi connectivity index (χ1n) is 8.38. The number of nitrogens with zero attached hydrogens (tertiary/aromatic N) is 2. The molecule has 0 radical (unpaired) electrons. The van der Waals surface area contributed by atoms with E-state index in [1.54, 1.807) is 41.7 Å². The second-order valence-electron chi connectivity index (χ2n) is 5.90. The van der Waals surface area contributed by atoms with E-state index in [0.717, 1.165) is 21.8 Å². The molecule has 0 aliphatic carbocycles. The maximum Gasteiger partial charge on any atom is 0.185 e. The minimum Gasteiger partial charge on any atom is -0.289 e. The highest BCUT2D eigenvalue weighted by Crippen LogP contribution is 2.28. The fourth-order valence-electron chi connectivity index (χ4n) is 2.73. The zero-order valence-electron chi connectivity index (χ0n) is 14.2. The normalized spacial score (nSPS) is 11.1. The van der Waals surface area contributed by atoms with Gasteiger partial charge in [-0.2, -0.15) is 5.10 Å². The number of rotatable bonds is 5. The van der Waals surface area contributed by atoms with E-state index in [4.69, 9.17) is 16.7 Å². The van der Waals surface area contributed by atoms with Gasteiger partial charge in [0, 0.05) is 22.3 Å². The number of thiophene rings is 1. The smallest absolute Gasteiger partial charge is 0.185 e. The van der Waals surface area contributed by atoms with E-state index in [1.165, 1.54) is 0 Å². The van der Waals surface area contributed by atoms with Crippen LogP contribution in [0, 0.1) is 0 Å². The number of aromatic nitrogens is 2. The van der Waals surface area contributed by atoms with Crippen molar-refractivity contribution >= 4 is 34.8 Å². The molecule has 0 saturated carbocycles. The Labute approximate surface area is 166 Å². The van der Waals surface area contributed by atoms with Crippen molar-refractivity contribution in [3.05, 3.63) is 101 Å². The summed E-state index contributed by atoms with van der Waals surface area (Å²) in [5, 5.41) is 7.29. The van der Waals surface area contributed by atoms with Gasteiger partial charge in [0.05, 0.1) is 10.6 Å². The highest BCUT2D eigenvalue weighted by atomic mass is 35.5. The standard InChI is InChI=1S/C22H15ClN2OS/c23-18-7-4-6-16(14-18)20(26)12-11-17-15-25(19-8-2-1-3-9-19)24-22(17)21-10-5-13-27-21/h1-15H/b12-11+. The van der Waals surface area contributed by atoms with Crippen LogP contribution in [0.15, 0.2) is 84.4 Å². The van der Waals surface area contributed by atoms with Crippen LogP contribution in [0.25, 0.3) is 22.3 Å². The molecule has 0 bridgehead atoms. The molecule has 27 heavy (non-hydrogen) atoms. The first-order chi connectivity index (χ1) is 13.2. The lowest BCUT2D eigenvalue weighted by Crippen LogP contribution is -1.93. The van der Waals surface area contributed by atoms with Gasteiger partial charge < -0.3 is 0 Å². The Kier molecular flexibility index (Phi) is 5.01. The Hall–Kier alpha value is -2.95. The highest BCUT2D eigenvalue weighted by molar-refractivity contribution is 7.13. The molecule has 0 unspecified atom stereocenters. The summed E-state index contributed by atoms with van der Waals surface area (Å²) in [5.41, 5.74) is 3.27. The van der Waals surface area contributed by atoms with E-state index in [1.807, 2.05) is 64.8 Å². The van der Waals surface area contributed by atoms with Gasteiger partial charge in [0.2, 0.25) is 0 Å². The molecule has 0 spiro atoms. The summed E-state index contributed by atoms with van der Waals surface area (Å²) in [6.45, 7) is 0. The largest absolute Gasteiger partial charge is 0.289 e. The third-order valence-electron chi connectivity index (χ3n) is 4.04. The molecular weight excluding hydrogens is 376 g/mol. The molecule has 4 aromatic rings. The minimum atomic E-state index is -0.0953. The van der Waals surface area contributed by atoms with Gasteiger partial charge in [0.25, 0.3) is 0 Å². The number of ketones is 1. The molecule has 0 atom stereocenters. The number of hydrogen-bond donors (Lipinski definition) is 0. The van der Waals surface area contributed by atoms with Crippen molar-refractivity contribution in [3.8, 4) is 16.3 Å². The summed E-state index contributed by atoms with van der Waals surface area (Å²) in [6.07, 6.45) is 5.31. The number of halogens is 1. The van der Waals surface area contributed by atoms with Crippen LogP contribution in [0.1, 0.15) is 15.9 Å². The van der Waals surface area contributed by atoms with E-state index in [9.17, 15) is 4.79 Å². The van der Waals surface area contributed by atoms with E-state index >= 15 is 0 Å². The predicted molar refractivity (Wildman–Crippen MR) is 112 cm³/mol. The monoisotopic (exact) mass is 390 g/mol. The van der Waals surface area contributed by atoms with Crippen LogP contribution >= 0.6 is 22.9 Å². The van der Waals surface area contributed by atoms with Crippen LogP contribution in [0.5, 0.6) is 0 Å². The molecule has 2 heterocycles. The summed E-state index contributed by atoms with van der Waals surface area (Å²) >= 11 is 7.60. The van der Waals surface area contributed by atoms with Gasteiger partial charge in [-0.15, -0.1) is 11.3 Å². The van der Waals surface area contributed by atoms with Crippen LogP contribution in [0.3, 0.4) is 0 Å². The Balaban J connectivity index is 1.71. The second kappa shape index (κ2) is 7.74. The maximum absolute atomic E-state index is 12.5. The van der Waals surface area contributed by atoms with Crippen molar-refractivity contribution in [1.82, 2.24) is 9.78 Å². The molecule has 3 nitrogen and oxygen atoms in total. The van der Waals surface area contributed by atoms with Crippen LogP contribution in [0.4, 0.5) is 0 Å². The molecule has 5 heteroatoms. The molecule has 4 rings (SSSR count). The highest BCUT2D eigenvalue weighted by Gasteiger charge is 2.12. The van der Waals surface area contributed by atoms with Crippen LogP contribution in [-0.4, -0.2) is 15.6 Å². The number of hydrogen-bond acceptors (Lipinski definition) is 3. The molecule has 132 valence electrons. The van der Waals surface area contributed by atoms with E-state index < -0.39 is 0 Å². The molecule has 2 aromatic carbocycles. The lowest BCUT2D eigenvalue weighted by Gasteiger charge is -1.99. The number of benzene rings is 2. The second-order valence-corrected chi connectivity index (χ2v) is 7.28.